The molecule has 1 N–H and O–H groups in total. The number of hydrogen-bond acceptors (Lipinski definition) is 4. The van der Waals surface area contributed by atoms with Crippen LogP contribution in [0.2, 0.25) is 0 Å². The molecule has 5 nitrogen and oxygen atoms in total. The highest BCUT2D eigenvalue weighted by molar-refractivity contribution is 6.21. The van der Waals surface area contributed by atoms with E-state index in [1.165, 1.54) is 4.90 Å². The van der Waals surface area contributed by atoms with Crippen LogP contribution < -0.4 is 5.32 Å². The molecule has 4 rings (SSSR count). The minimum absolute atomic E-state index is 0.153. The second-order valence-corrected chi connectivity index (χ2v) is 5.68. The Balaban J connectivity index is 1.51. The second kappa shape index (κ2) is 5.02. The van der Waals surface area contributed by atoms with E-state index in [-0.39, 0.29) is 17.9 Å². The molecular weight excluding hydrogens is 280 g/mol. The van der Waals surface area contributed by atoms with E-state index in [9.17, 15) is 9.59 Å². The van der Waals surface area contributed by atoms with Gasteiger partial charge < -0.3 is 10.1 Å². The van der Waals surface area contributed by atoms with Gasteiger partial charge in [0.1, 0.15) is 6.10 Å². The summed E-state index contributed by atoms with van der Waals surface area (Å²) < 4.78 is 5.92. The van der Waals surface area contributed by atoms with Crippen molar-refractivity contribution < 1.29 is 14.3 Å². The molecular formula is C17H16N2O3. The SMILES string of the molecule is O=C1c2ccccc2C(=O)N1CC1CCC2=C(NCC=C2)O1. The minimum Gasteiger partial charge on any atom is -0.474 e. The predicted molar refractivity (Wildman–Crippen MR) is 80.1 cm³/mol. The van der Waals surface area contributed by atoms with Gasteiger partial charge >= 0.3 is 0 Å². The fraction of sp³-hybridized carbons (Fsp3) is 0.294. The van der Waals surface area contributed by atoms with Gasteiger partial charge in [-0.05, 0) is 25.0 Å². The third kappa shape index (κ3) is 2.01. The fourth-order valence-electron chi connectivity index (χ4n) is 3.14. The predicted octanol–water partition coefficient (Wildman–Crippen LogP) is 1.83. The summed E-state index contributed by atoms with van der Waals surface area (Å²) >= 11 is 0. The molecule has 0 aromatic heterocycles. The van der Waals surface area contributed by atoms with Crippen molar-refractivity contribution in [2.24, 2.45) is 0 Å². The smallest absolute Gasteiger partial charge is 0.261 e. The number of nitrogens with zero attached hydrogens (tertiary/aromatic N) is 1. The molecule has 5 heteroatoms. The second-order valence-electron chi connectivity index (χ2n) is 5.68. The van der Waals surface area contributed by atoms with E-state index in [1.807, 2.05) is 0 Å². The number of carbonyl (C=O) groups excluding carboxylic acids is 2. The Morgan fingerprint density at radius 3 is 2.64 bits per heavy atom. The maximum Gasteiger partial charge on any atom is 0.261 e. The van der Waals surface area contributed by atoms with Gasteiger partial charge in [0, 0.05) is 12.1 Å². The molecule has 3 aliphatic heterocycles. The molecule has 1 aromatic rings. The molecule has 1 atom stereocenters. The Hall–Kier alpha value is -2.56. The fourth-order valence-corrected chi connectivity index (χ4v) is 3.14. The average molecular weight is 296 g/mol. The third-order valence-electron chi connectivity index (χ3n) is 4.28. The molecule has 0 saturated carbocycles. The van der Waals surface area contributed by atoms with Gasteiger partial charge in [0.05, 0.1) is 17.7 Å². The van der Waals surface area contributed by atoms with Crippen molar-refractivity contribution in [3.8, 4) is 0 Å². The van der Waals surface area contributed by atoms with Crippen LogP contribution in [0, 0.1) is 0 Å². The van der Waals surface area contributed by atoms with Crippen molar-refractivity contribution in [2.45, 2.75) is 18.9 Å². The Morgan fingerprint density at radius 2 is 1.91 bits per heavy atom. The molecule has 1 unspecified atom stereocenters. The van der Waals surface area contributed by atoms with Gasteiger partial charge in [-0.3, -0.25) is 14.5 Å². The van der Waals surface area contributed by atoms with Crippen LogP contribution in [0.4, 0.5) is 0 Å². The lowest BCUT2D eigenvalue weighted by Gasteiger charge is -2.31. The number of ether oxygens (including phenoxy) is 1. The molecule has 3 heterocycles. The summed E-state index contributed by atoms with van der Waals surface area (Å²) in [5, 5.41) is 3.20. The normalized spacial score (nSPS) is 23.1. The van der Waals surface area contributed by atoms with Gasteiger partial charge in [-0.25, -0.2) is 0 Å². The number of dihydropyridines is 1. The van der Waals surface area contributed by atoms with Crippen LogP contribution in [0.1, 0.15) is 33.6 Å². The van der Waals surface area contributed by atoms with E-state index in [0.29, 0.717) is 17.7 Å². The molecule has 0 saturated heterocycles. The van der Waals surface area contributed by atoms with Crippen LogP contribution in [-0.2, 0) is 4.74 Å². The Labute approximate surface area is 128 Å². The first kappa shape index (κ1) is 13.1. The van der Waals surface area contributed by atoms with Crippen molar-refractivity contribution in [3.63, 3.8) is 0 Å². The van der Waals surface area contributed by atoms with E-state index >= 15 is 0 Å². The van der Waals surface area contributed by atoms with Crippen LogP contribution in [0.25, 0.3) is 0 Å². The number of amides is 2. The van der Waals surface area contributed by atoms with Gasteiger partial charge in [0.2, 0.25) is 0 Å². The lowest BCUT2D eigenvalue weighted by atomic mass is 10.0. The monoisotopic (exact) mass is 296 g/mol. The van der Waals surface area contributed by atoms with Crippen molar-refractivity contribution in [3.05, 3.63) is 59.0 Å². The van der Waals surface area contributed by atoms with Gasteiger partial charge in [0.25, 0.3) is 11.8 Å². The first-order chi connectivity index (χ1) is 10.7. The van der Waals surface area contributed by atoms with Gasteiger partial charge in [-0.1, -0.05) is 24.3 Å². The minimum atomic E-state index is -0.222. The van der Waals surface area contributed by atoms with E-state index in [4.69, 9.17) is 4.74 Å². The highest BCUT2D eigenvalue weighted by Gasteiger charge is 2.37. The number of imide groups is 1. The van der Waals surface area contributed by atoms with Gasteiger partial charge in [0.15, 0.2) is 5.88 Å². The van der Waals surface area contributed by atoms with Crippen LogP contribution in [0.15, 0.2) is 47.9 Å². The third-order valence-corrected chi connectivity index (χ3v) is 4.28. The summed E-state index contributed by atoms with van der Waals surface area (Å²) in [7, 11) is 0. The Bertz CT molecular complexity index is 685. The molecule has 1 aromatic carbocycles. The molecule has 112 valence electrons. The van der Waals surface area contributed by atoms with Crippen molar-refractivity contribution >= 4 is 11.8 Å². The highest BCUT2D eigenvalue weighted by atomic mass is 16.5. The zero-order valence-corrected chi connectivity index (χ0v) is 12.0. The zero-order valence-electron chi connectivity index (χ0n) is 12.0. The number of benzene rings is 1. The maximum absolute atomic E-state index is 12.4. The summed E-state index contributed by atoms with van der Waals surface area (Å²) in [6.07, 6.45) is 5.68. The summed E-state index contributed by atoms with van der Waals surface area (Å²) in [4.78, 5) is 26.1. The van der Waals surface area contributed by atoms with Gasteiger partial charge in [-0.2, -0.15) is 0 Å². The Morgan fingerprint density at radius 1 is 1.18 bits per heavy atom. The molecule has 0 radical (unpaired) electrons. The van der Waals surface area contributed by atoms with E-state index in [1.54, 1.807) is 24.3 Å². The quantitative estimate of drug-likeness (QED) is 0.846. The van der Waals surface area contributed by atoms with Crippen LogP contribution in [0.5, 0.6) is 0 Å². The number of allylic oxidation sites excluding steroid dienone is 2. The number of nitrogens with one attached hydrogen (secondary N) is 1. The maximum atomic E-state index is 12.4. The van der Waals surface area contributed by atoms with Crippen molar-refractivity contribution in [1.82, 2.24) is 10.2 Å². The molecule has 0 spiro atoms. The van der Waals surface area contributed by atoms with E-state index < -0.39 is 0 Å². The molecule has 3 aliphatic rings. The molecule has 0 bridgehead atoms. The summed E-state index contributed by atoms with van der Waals surface area (Å²) in [5.74, 6) is 0.344. The van der Waals surface area contributed by atoms with Crippen LogP contribution >= 0.6 is 0 Å². The number of rotatable bonds is 2. The number of carbonyl (C=O) groups is 2. The van der Waals surface area contributed by atoms with E-state index in [2.05, 4.69) is 17.5 Å². The zero-order chi connectivity index (χ0) is 15.1. The standard InChI is InChI=1S/C17H16N2O3/c20-16-13-5-1-2-6-14(13)17(21)19(16)10-12-8-7-11-4-3-9-18-15(11)22-12/h1-6,12,18H,7-10H2. The number of hydrogen-bond donors (Lipinski definition) is 1. The van der Waals surface area contributed by atoms with E-state index in [0.717, 1.165) is 30.8 Å². The van der Waals surface area contributed by atoms with Crippen molar-refractivity contribution in [1.29, 1.82) is 0 Å². The average Bonchev–Trinajstić information content (AvgIpc) is 2.80. The molecule has 2 amide bonds. The lowest BCUT2D eigenvalue weighted by Crippen LogP contribution is -2.40. The first-order valence-electron chi connectivity index (χ1n) is 7.49. The van der Waals surface area contributed by atoms with Crippen LogP contribution in [-0.4, -0.2) is 35.9 Å². The molecule has 22 heavy (non-hydrogen) atoms. The summed E-state index contributed by atoms with van der Waals surface area (Å²) in [6, 6.07) is 6.96. The summed E-state index contributed by atoms with van der Waals surface area (Å²) in [5.41, 5.74) is 2.13. The largest absolute Gasteiger partial charge is 0.474 e. The van der Waals surface area contributed by atoms with Crippen molar-refractivity contribution in [2.75, 3.05) is 13.1 Å². The highest BCUT2D eigenvalue weighted by Crippen LogP contribution is 2.28. The first-order valence-corrected chi connectivity index (χ1v) is 7.49. The molecule has 0 fully saturated rings. The summed E-state index contributed by atoms with van der Waals surface area (Å²) in [6.45, 7) is 1.05. The topological polar surface area (TPSA) is 58.6 Å². The molecule has 0 aliphatic carbocycles. The lowest BCUT2D eigenvalue weighted by molar-refractivity contribution is 0.0362. The van der Waals surface area contributed by atoms with Crippen LogP contribution in [0.3, 0.4) is 0 Å². The number of fused-ring (bicyclic) bond motifs is 1. The van der Waals surface area contributed by atoms with Gasteiger partial charge in [-0.15, -0.1) is 0 Å². The Kier molecular flexibility index (Phi) is 2.99.